The molecule has 0 fully saturated rings. The number of anilines is 3. The molecule has 3 N–H and O–H groups in total. The maximum atomic E-state index is 13.7. The zero-order chi connectivity index (χ0) is 25.9. The van der Waals surface area contributed by atoms with Gasteiger partial charge in [-0.25, -0.2) is 4.68 Å². The zero-order valence-corrected chi connectivity index (χ0v) is 20.8. The summed E-state index contributed by atoms with van der Waals surface area (Å²) in [6.07, 6.45) is 1.53. The number of hydrogen-bond donors (Lipinski definition) is 3. The van der Waals surface area contributed by atoms with Gasteiger partial charge in [-0.05, 0) is 43.7 Å². The molecule has 4 aromatic rings. The number of carbonyl (C=O) groups excluding carboxylic acids is 2. The summed E-state index contributed by atoms with van der Waals surface area (Å²) in [6, 6.07) is 23.9. The summed E-state index contributed by atoms with van der Waals surface area (Å²) in [5.74, 6) is 0.492. The summed E-state index contributed by atoms with van der Waals surface area (Å²) in [7, 11) is 1.56. The first-order valence-electron chi connectivity index (χ1n) is 11.9. The predicted molar refractivity (Wildman–Crippen MR) is 144 cm³/mol. The van der Waals surface area contributed by atoms with Crippen LogP contribution in [0.2, 0.25) is 0 Å². The predicted octanol–water partition coefficient (Wildman–Crippen LogP) is 5.38. The van der Waals surface area contributed by atoms with Gasteiger partial charge in [0.2, 0.25) is 0 Å². The van der Waals surface area contributed by atoms with Crippen LogP contribution in [0.3, 0.4) is 0 Å². The molecule has 0 saturated carbocycles. The van der Waals surface area contributed by atoms with Crippen LogP contribution in [0.25, 0.3) is 0 Å². The topological polar surface area (TPSA) is 97.3 Å². The van der Waals surface area contributed by atoms with Crippen molar-refractivity contribution in [3.05, 3.63) is 113 Å². The molecule has 3 aromatic carbocycles. The molecule has 1 aliphatic rings. The Kier molecular flexibility index (Phi) is 6.47. The number of benzene rings is 3. The van der Waals surface area contributed by atoms with E-state index in [4.69, 9.17) is 4.74 Å². The Morgan fingerprint density at radius 2 is 1.68 bits per heavy atom. The molecule has 37 heavy (non-hydrogen) atoms. The number of amides is 2. The largest absolute Gasteiger partial charge is 0.495 e. The smallest absolute Gasteiger partial charge is 0.261 e. The number of aryl methyl sites for hydroxylation is 1. The van der Waals surface area contributed by atoms with Crippen molar-refractivity contribution in [2.24, 2.45) is 0 Å². The van der Waals surface area contributed by atoms with Crippen LogP contribution in [0.4, 0.5) is 17.2 Å². The molecular formula is C29H27N5O3. The number of ether oxygens (including phenoxy) is 1. The summed E-state index contributed by atoms with van der Waals surface area (Å²) in [5, 5.41) is 13.7. The van der Waals surface area contributed by atoms with E-state index in [9.17, 15) is 9.59 Å². The molecule has 1 aromatic heterocycles. The molecule has 1 aliphatic heterocycles. The van der Waals surface area contributed by atoms with E-state index in [2.05, 4.69) is 21.0 Å². The SMILES string of the molecule is COc1ccccc1NC(=O)C1=C(C)Nc2c(C(=O)Nc3ccccc3)cnn2C1c1cccc(C)c1. The van der Waals surface area contributed by atoms with E-state index in [1.54, 1.807) is 23.9 Å². The van der Waals surface area contributed by atoms with Crippen LogP contribution in [0.5, 0.6) is 5.75 Å². The van der Waals surface area contributed by atoms with Crippen molar-refractivity contribution in [3.63, 3.8) is 0 Å². The Labute approximate surface area is 215 Å². The standard InChI is InChI=1S/C29H27N5O3/c1-18-10-9-11-20(16-18)26-25(29(36)33-23-14-7-8-15-24(23)37-3)19(2)31-27-22(17-30-34(26)27)28(35)32-21-12-5-4-6-13-21/h4-17,26,31H,1-3H3,(H,32,35)(H,33,36). The highest BCUT2D eigenvalue weighted by molar-refractivity contribution is 6.09. The Bertz CT molecular complexity index is 1510. The quantitative estimate of drug-likeness (QED) is 0.335. The van der Waals surface area contributed by atoms with E-state index in [1.807, 2.05) is 80.6 Å². The zero-order valence-electron chi connectivity index (χ0n) is 20.8. The van der Waals surface area contributed by atoms with Gasteiger partial charge in [-0.2, -0.15) is 5.10 Å². The van der Waals surface area contributed by atoms with Crippen molar-refractivity contribution >= 4 is 29.0 Å². The third-order valence-corrected chi connectivity index (χ3v) is 6.26. The minimum absolute atomic E-state index is 0.294. The van der Waals surface area contributed by atoms with Gasteiger partial charge in [-0.15, -0.1) is 0 Å². The number of methoxy groups -OCH3 is 1. The molecule has 0 spiro atoms. The summed E-state index contributed by atoms with van der Waals surface area (Å²) < 4.78 is 7.11. The third kappa shape index (κ3) is 4.69. The molecule has 1 unspecified atom stereocenters. The summed E-state index contributed by atoms with van der Waals surface area (Å²) >= 11 is 0. The molecule has 0 radical (unpaired) electrons. The second-order valence-electron chi connectivity index (χ2n) is 8.81. The van der Waals surface area contributed by atoms with Gasteiger partial charge < -0.3 is 20.7 Å². The van der Waals surface area contributed by atoms with E-state index in [0.717, 1.165) is 11.1 Å². The Hall–Kier alpha value is -4.85. The highest BCUT2D eigenvalue weighted by atomic mass is 16.5. The minimum atomic E-state index is -0.552. The second-order valence-corrected chi connectivity index (χ2v) is 8.81. The molecule has 0 bridgehead atoms. The maximum Gasteiger partial charge on any atom is 0.261 e. The number of rotatable bonds is 6. The number of allylic oxidation sites excluding steroid dienone is 1. The summed E-state index contributed by atoms with van der Waals surface area (Å²) in [6.45, 7) is 3.83. The van der Waals surface area contributed by atoms with E-state index >= 15 is 0 Å². The number of nitrogens with one attached hydrogen (secondary N) is 3. The molecule has 2 heterocycles. The number of para-hydroxylation sites is 3. The van der Waals surface area contributed by atoms with Crippen LogP contribution in [0, 0.1) is 6.92 Å². The lowest BCUT2D eigenvalue weighted by Gasteiger charge is -2.30. The second kappa shape index (κ2) is 10.0. The molecule has 1 atom stereocenters. The fourth-order valence-electron chi connectivity index (χ4n) is 4.52. The lowest BCUT2D eigenvalue weighted by molar-refractivity contribution is -0.113. The fraction of sp³-hybridized carbons (Fsp3) is 0.138. The highest BCUT2D eigenvalue weighted by Crippen LogP contribution is 2.38. The highest BCUT2D eigenvalue weighted by Gasteiger charge is 2.35. The number of carbonyl (C=O) groups is 2. The van der Waals surface area contributed by atoms with E-state index in [-0.39, 0.29) is 11.8 Å². The molecule has 0 saturated heterocycles. The average molecular weight is 494 g/mol. The van der Waals surface area contributed by atoms with Crippen LogP contribution in [-0.4, -0.2) is 28.7 Å². The summed E-state index contributed by atoms with van der Waals surface area (Å²) in [4.78, 5) is 26.9. The van der Waals surface area contributed by atoms with Crippen LogP contribution in [-0.2, 0) is 4.79 Å². The molecule has 2 amide bonds. The van der Waals surface area contributed by atoms with Gasteiger partial charge in [0.25, 0.3) is 11.8 Å². The minimum Gasteiger partial charge on any atom is -0.495 e. The third-order valence-electron chi connectivity index (χ3n) is 6.26. The van der Waals surface area contributed by atoms with Crippen LogP contribution >= 0.6 is 0 Å². The van der Waals surface area contributed by atoms with Crippen molar-refractivity contribution in [1.82, 2.24) is 9.78 Å². The van der Waals surface area contributed by atoms with Crippen LogP contribution in [0.1, 0.15) is 34.5 Å². The van der Waals surface area contributed by atoms with Crippen LogP contribution < -0.4 is 20.7 Å². The lowest BCUT2D eigenvalue weighted by atomic mass is 9.93. The van der Waals surface area contributed by atoms with Gasteiger partial charge in [0.05, 0.1) is 24.6 Å². The molecule has 0 aliphatic carbocycles. The molecule has 5 rings (SSSR count). The Morgan fingerprint density at radius 3 is 2.43 bits per heavy atom. The molecule has 186 valence electrons. The maximum absolute atomic E-state index is 13.7. The first-order chi connectivity index (χ1) is 18.0. The van der Waals surface area contributed by atoms with Gasteiger partial charge in [0, 0.05) is 11.4 Å². The lowest BCUT2D eigenvalue weighted by Crippen LogP contribution is -2.32. The number of aromatic nitrogens is 2. The summed E-state index contributed by atoms with van der Waals surface area (Å²) in [5.41, 5.74) is 4.67. The van der Waals surface area contributed by atoms with Crippen molar-refractivity contribution in [2.45, 2.75) is 19.9 Å². The molecule has 8 nitrogen and oxygen atoms in total. The Morgan fingerprint density at radius 1 is 0.919 bits per heavy atom. The molecule has 8 heteroatoms. The number of hydrogen-bond acceptors (Lipinski definition) is 5. The van der Waals surface area contributed by atoms with Gasteiger partial charge in [-0.1, -0.05) is 60.2 Å². The van der Waals surface area contributed by atoms with E-state index < -0.39 is 6.04 Å². The van der Waals surface area contributed by atoms with Gasteiger partial charge in [0.15, 0.2) is 0 Å². The fourth-order valence-corrected chi connectivity index (χ4v) is 4.52. The number of nitrogens with zero attached hydrogens (tertiary/aromatic N) is 2. The van der Waals surface area contributed by atoms with Crippen molar-refractivity contribution in [1.29, 1.82) is 0 Å². The Balaban J connectivity index is 1.56. The first kappa shape index (κ1) is 23.9. The van der Waals surface area contributed by atoms with Gasteiger partial charge in [0.1, 0.15) is 23.2 Å². The van der Waals surface area contributed by atoms with E-state index in [1.165, 1.54) is 6.20 Å². The number of fused-ring (bicyclic) bond motifs is 1. The average Bonchev–Trinajstić information content (AvgIpc) is 3.32. The normalized spacial score (nSPS) is 14.4. The van der Waals surface area contributed by atoms with Crippen molar-refractivity contribution in [3.8, 4) is 5.75 Å². The first-order valence-corrected chi connectivity index (χ1v) is 11.9. The van der Waals surface area contributed by atoms with Gasteiger partial charge >= 0.3 is 0 Å². The molecular weight excluding hydrogens is 466 g/mol. The van der Waals surface area contributed by atoms with Crippen molar-refractivity contribution in [2.75, 3.05) is 23.1 Å². The van der Waals surface area contributed by atoms with Crippen LogP contribution in [0.15, 0.2) is 96.3 Å². The van der Waals surface area contributed by atoms with Crippen molar-refractivity contribution < 1.29 is 14.3 Å². The monoisotopic (exact) mass is 493 g/mol. The van der Waals surface area contributed by atoms with Gasteiger partial charge in [-0.3, -0.25) is 9.59 Å². The van der Waals surface area contributed by atoms with E-state index in [0.29, 0.717) is 39.8 Å².